The number of guanidine groups is 1. The second-order valence-corrected chi connectivity index (χ2v) is 9.16. The van der Waals surface area contributed by atoms with Crippen LogP contribution in [0.1, 0.15) is 50.8 Å². The molecule has 3 rings (SSSR count). The van der Waals surface area contributed by atoms with Gasteiger partial charge in [-0.3, -0.25) is 4.90 Å². The van der Waals surface area contributed by atoms with Crippen LogP contribution in [0.3, 0.4) is 0 Å². The highest BCUT2D eigenvalue weighted by atomic mass is 127. The second-order valence-electron chi connectivity index (χ2n) is 9.16. The lowest BCUT2D eigenvalue weighted by Gasteiger charge is -2.28. The van der Waals surface area contributed by atoms with Crippen LogP contribution in [0.2, 0.25) is 0 Å². The number of aryl methyl sites for hydroxylation is 1. The third-order valence-electron chi connectivity index (χ3n) is 6.52. The minimum atomic E-state index is -0.0961. The van der Waals surface area contributed by atoms with Crippen LogP contribution in [0, 0.1) is 6.92 Å². The molecule has 1 aliphatic heterocycles. The highest BCUT2D eigenvalue weighted by Crippen LogP contribution is 2.25. The van der Waals surface area contributed by atoms with Crippen LogP contribution in [0.15, 0.2) is 29.3 Å². The number of hydrogen-bond donors (Lipinski definition) is 2. The average molecular weight is 570 g/mol. The van der Waals surface area contributed by atoms with Gasteiger partial charge in [-0.25, -0.2) is 4.99 Å². The molecular formula is C24H40IN7O. The predicted octanol–water partition coefficient (Wildman–Crippen LogP) is 3.25. The van der Waals surface area contributed by atoms with Crippen molar-refractivity contribution in [3.63, 3.8) is 0 Å². The Hall–Kier alpha value is -1.88. The van der Waals surface area contributed by atoms with Gasteiger partial charge in [-0.15, -0.1) is 34.2 Å². The normalized spacial score (nSPS) is 17.0. The van der Waals surface area contributed by atoms with Crippen LogP contribution in [0.5, 0.6) is 5.75 Å². The fraction of sp³-hybridized carbons (Fsp3) is 0.625. The molecule has 33 heavy (non-hydrogen) atoms. The van der Waals surface area contributed by atoms with Crippen molar-refractivity contribution in [3.8, 4) is 5.75 Å². The fourth-order valence-electron chi connectivity index (χ4n) is 4.12. The Balaban J connectivity index is 0.00000385. The quantitative estimate of drug-likeness (QED) is 0.274. The summed E-state index contributed by atoms with van der Waals surface area (Å²) < 4.78 is 7.40. The maximum Gasteiger partial charge on any atom is 0.191 e. The molecule has 8 nitrogen and oxygen atoms in total. The Labute approximate surface area is 215 Å². The summed E-state index contributed by atoms with van der Waals surface area (Å²) in [5, 5.41) is 15.6. The van der Waals surface area contributed by atoms with Gasteiger partial charge in [0.05, 0.1) is 7.11 Å². The molecule has 1 aliphatic rings. The first-order chi connectivity index (χ1) is 15.3. The summed E-state index contributed by atoms with van der Waals surface area (Å²) in [7, 11) is 3.68. The number of likely N-dealkylation sites (tertiary alicyclic amines) is 1. The largest absolute Gasteiger partial charge is 0.497 e. The van der Waals surface area contributed by atoms with Crippen molar-refractivity contribution in [3.05, 3.63) is 41.5 Å². The van der Waals surface area contributed by atoms with Crippen molar-refractivity contribution in [2.75, 3.05) is 33.3 Å². The lowest BCUT2D eigenvalue weighted by atomic mass is 9.84. The molecular weight excluding hydrogens is 529 g/mol. The summed E-state index contributed by atoms with van der Waals surface area (Å²) in [5.41, 5.74) is 1.13. The molecule has 2 N–H and O–H groups in total. The number of likely N-dealkylation sites (N-methyl/N-ethyl adjacent to an activating group) is 1. The highest BCUT2D eigenvalue weighted by Gasteiger charge is 2.24. The smallest absolute Gasteiger partial charge is 0.191 e. The van der Waals surface area contributed by atoms with E-state index in [1.54, 1.807) is 7.11 Å². The van der Waals surface area contributed by atoms with Gasteiger partial charge in [-0.05, 0) is 50.6 Å². The van der Waals surface area contributed by atoms with Crippen LogP contribution in [0.25, 0.3) is 0 Å². The van der Waals surface area contributed by atoms with Gasteiger partial charge in [0.1, 0.15) is 18.1 Å². The van der Waals surface area contributed by atoms with E-state index in [1.807, 2.05) is 30.7 Å². The fourth-order valence-corrected chi connectivity index (χ4v) is 4.12. The summed E-state index contributed by atoms with van der Waals surface area (Å²) in [5.74, 6) is 3.43. The second kappa shape index (κ2) is 12.5. The van der Waals surface area contributed by atoms with Gasteiger partial charge >= 0.3 is 0 Å². The molecule has 9 heteroatoms. The lowest BCUT2D eigenvalue weighted by molar-refractivity contribution is 0.267. The molecule has 0 bridgehead atoms. The summed E-state index contributed by atoms with van der Waals surface area (Å²) in [6.45, 7) is 13.0. The molecule has 184 valence electrons. The molecule has 1 atom stereocenters. The number of aromatic nitrogens is 3. The van der Waals surface area contributed by atoms with Gasteiger partial charge in [0.25, 0.3) is 0 Å². The van der Waals surface area contributed by atoms with Gasteiger partial charge in [-0.2, -0.15) is 0 Å². The Morgan fingerprint density at radius 3 is 2.73 bits per heavy atom. The Bertz CT molecular complexity index is 912. The first-order valence-electron chi connectivity index (χ1n) is 11.6. The molecule has 1 aromatic carbocycles. The topological polar surface area (TPSA) is 79.6 Å². The van der Waals surface area contributed by atoms with E-state index in [2.05, 4.69) is 58.6 Å². The molecule has 0 aliphatic carbocycles. The monoisotopic (exact) mass is 569 g/mol. The highest BCUT2D eigenvalue weighted by molar-refractivity contribution is 14.0. The van der Waals surface area contributed by atoms with Gasteiger partial charge < -0.3 is 19.9 Å². The van der Waals surface area contributed by atoms with Crippen molar-refractivity contribution in [1.29, 1.82) is 0 Å². The molecule has 0 amide bonds. The molecule has 1 unspecified atom stereocenters. The summed E-state index contributed by atoms with van der Waals surface area (Å²) in [6, 6.07) is 8.82. The lowest BCUT2D eigenvalue weighted by Crippen LogP contribution is -2.47. The SMILES string of the molecule is CCN1CCCC1CNC(=NCc1nnc(C)n1C)NCC(C)(C)c1cccc(OC)c1.I. The van der Waals surface area contributed by atoms with Crippen molar-refractivity contribution >= 4 is 29.9 Å². The number of ether oxygens (including phenoxy) is 1. The zero-order valence-corrected chi connectivity index (χ0v) is 23.2. The number of benzene rings is 1. The van der Waals surface area contributed by atoms with Crippen LogP contribution in [-0.4, -0.2) is 65.0 Å². The van der Waals surface area contributed by atoms with E-state index in [0.29, 0.717) is 12.6 Å². The number of hydrogen-bond acceptors (Lipinski definition) is 5. The van der Waals surface area contributed by atoms with Crippen LogP contribution >= 0.6 is 24.0 Å². The van der Waals surface area contributed by atoms with Crippen LogP contribution < -0.4 is 15.4 Å². The number of nitrogens with one attached hydrogen (secondary N) is 2. The Morgan fingerprint density at radius 2 is 2.06 bits per heavy atom. The minimum Gasteiger partial charge on any atom is -0.497 e. The van der Waals surface area contributed by atoms with Gasteiger partial charge in [0.2, 0.25) is 0 Å². The summed E-state index contributed by atoms with van der Waals surface area (Å²) in [6.07, 6.45) is 2.49. The van der Waals surface area contributed by atoms with Crippen molar-refractivity contribution < 1.29 is 4.74 Å². The maximum absolute atomic E-state index is 5.42. The number of aliphatic imine (C=N–C) groups is 1. The third kappa shape index (κ3) is 7.30. The standard InChI is InChI=1S/C24H39N7O.HI/c1-7-31-13-9-11-20(31)15-25-23(26-16-22-29-28-18(2)30(22)5)27-17-24(3,4)19-10-8-12-21(14-19)32-6;/h8,10,12,14,20H,7,9,11,13,15-17H2,1-6H3,(H2,25,26,27);1H. The van der Waals surface area contributed by atoms with E-state index in [9.17, 15) is 0 Å². The number of methoxy groups -OCH3 is 1. The zero-order valence-electron chi connectivity index (χ0n) is 20.9. The molecule has 1 aromatic heterocycles. The van der Waals surface area contributed by atoms with E-state index in [-0.39, 0.29) is 29.4 Å². The van der Waals surface area contributed by atoms with E-state index in [1.165, 1.54) is 24.9 Å². The zero-order chi connectivity index (χ0) is 23.1. The van der Waals surface area contributed by atoms with Gasteiger partial charge in [0, 0.05) is 31.6 Å². The van der Waals surface area contributed by atoms with E-state index in [0.717, 1.165) is 43.0 Å². The van der Waals surface area contributed by atoms with E-state index >= 15 is 0 Å². The molecule has 1 fully saturated rings. The van der Waals surface area contributed by atoms with Crippen LogP contribution in [0.4, 0.5) is 0 Å². The Kier molecular flexibility index (Phi) is 10.4. The first kappa shape index (κ1) is 27.4. The number of nitrogens with zero attached hydrogens (tertiary/aromatic N) is 5. The third-order valence-corrected chi connectivity index (χ3v) is 6.52. The maximum atomic E-state index is 5.42. The van der Waals surface area contributed by atoms with E-state index in [4.69, 9.17) is 9.73 Å². The summed E-state index contributed by atoms with van der Waals surface area (Å²) in [4.78, 5) is 7.38. The number of rotatable bonds is 9. The predicted molar refractivity (Wildman–Crippen MR) is 145 cm³/mol. The molecule has 1 saturated heterocycles. The first-order valence-corrected chi connectivity index (χ1v) is 11.6. The molecule has 0 saturated carbocycles. The van der Waals surface area contributed by atoms with Crippen LogP contribution in [-0.2, 0) is 19.0 Å². The summed E-state index contributed by atoms with van der Waals surface area (Å²) >= 11 is 0. The molecule has 0 radical (unpaired) electrons. The minimum absolute atomic E-state index is 0. The van der Waals surface area contributed by atoms with Crippen molar-refractivity contribution in [2.45, 2.75) is 58.5 Å². The van der Waals surface area contributed by atoms with Crippen molar-refractivity contribution in [2.24, 2.45) is 12.0 Å². The van der Waals surface area contributed by atoms with Crippen molar-refractivity contribution in [1.82, 2.24) is 30.3 Å². The van der Waals surface area contributed by atoms with E-state index < -0.39 is 0 Å². The van der Waals surface area contributed by atoms with Gasteiger partial charge in [-0.1, -0.05) is 32.9 Å². The Morgan fingerprint density at radius 1 is 1.27 bits per heavy atom. The van der Waals surface area contributed by atoms with Gasteiger partial charge in [0.15, 0.2) is 11.8 Å². The molecule has 2 heterocycles. The molecule has 2 aromatic rings. The average Bonchev–Trinajstić information content (AvgIpc) is 3.39. The number of halogens is 1. The molecule has 0 spiro atoms.